The number of amides is 1. The molecule has 7 nitrogen and oxygen atoms in total. The van der Waals surface area contributed by atoms with Crippen LogP contribution in [0.3, 0.4) is 0 Å². The Morgan fingerprint density at radius 2 is 2.08 bits per heavy atom. The fourth-order valence-electron chi connectivity index (χ4n) is 2.88. The molecular formula is C18H20ClN3O4. The number of aromatic amines is 1. The van der Waals surface area contributed by atoms with E-state index in [0.717, 1.165) is 5.69 Å². The summed E-state index contributed by atoms with van der Waals surface area (Å²) in [6, 6.07) is 6.85. The van der Waals surface area contributed by atoms with E-state index in [0.29, 0.717) is 35.8 Å². The van der Waals surface area contributed by atoms with Crippen molar-refractivity contribution < 1.29 is 19.1 Å². The van der Waals surface area contributed by atoms with Crippen molar-refractivity contribution in [1.82, 2.24) is 15.1 Å². The molecule has 1 aromatic carbocycles. The summed E-state index contributed by atoms with van der Waals surface area (Å²) in [5, 5.41) is 7.52. The summed E-state index contributed by atoms with van der Waals surface area (Å²) < 4.78 is 10.7. The van der Waals surface area contributed by atoms with Crippen LogP contribution in [0.5, 0.6) is 5.75 Å². The van der Waals surface area contributed by atoms with Gasteiger partial charge in [-0.1, -0.05) is 11.6 Å². The quantitative estimate of drug-likeness (QED) is 0.809. The second-order valence-corrected chi connectivity index (χ2v) is 6.41. The molecule has 0 bridgehead atoms. The summed E-state index contributed by atoms with van der Waals surface area (Å²) in [6.07, 6.45) is -0.0584. The number of aromatic nitrogens is 2. The van der Waals surface area contributed by atoms with Crippen molar-refractivity contribution in [2.45, 2.75) is 32.9 Å². The highest BCUT2D eigenvalue weighted by molar-refractivity contribution is 6.30. The van der Waals surface area contributed by atoms with Crippen molar-refractivity contribution >= 4 is 23.5 Å². The van der Waals surface area contributed by atoms with Gasteiger partial charge in [0.15, 0.2) is 11.8 Å². The van der Waals surface area contributed by atoms with Crippen LogP contribution in [0.4, 0.5) is 0 Å². The molecule has 2 heterocycles. The molecular weight excluding hydrogens is 358 g/mol. The fourth-order valence-corrected chi connectivity index (χ4v) is 3.00. The molecule has 1 aliphatic heterocycles. The maximum absolute atomic E-state index is 12.7. The highest BCUT2D eigenvalue weighted by Gasteiger charge is 2.30. The van der Waals surface area contributed by atoms with Crippen molar-refractivity contribution in [2.75, 3.05) is 13.2 Å². The predicted octanol–water partition coefficient (Wildman–Crippen LogP) is 2.59. The van der Waals surface area contributed by atoms with Crippen LogP contribution in [-0.2, 0) is 22.5 Å². The van der Waals surface area contributed by atoms with Crippen molar-refractivity contribution in [3.8, 4) is 5.75 Å². The van der Waals surface area contributed by atoms with E-state index in [1.54, 1.807) is 43.0 Å². The summed E-state index contributed by atoms with van der Waals surface area (Å²) >= 11 is 5.86. The minimum Gasteiger partial charge on any atom is -0.481 e. The molecule has 138 valence electrons. The Balaban J connectivity index is 1.69. The van der Waals surface area contributed by atoms with Gasteiger partial charge in [-0.25, -0.2) is 4.79 Å². The van der Waals surface area contributed by atoms with E-state index in [9.17, 15) is 9.59 Å². The third kappa shape index (κ3) is 3.83. The first-order valence-electron chi connectivity index (χ1n) is 8.43. The largest absolute Gasteiger partial charge is 0.481 e. The Morgan fingerprint density at radius 1 is 1.35 bits per heavy atom. The van der Waals surface area contributed by atoms with E-state index in [-0.39, 0.29) is 18.2 Å². The maximum Gasteiger partial charge on any atom is 0.359 e. The molecule has 0 aliphatic carbocycles. The third-order valence-electron chi connectivity index (χ3n) is 4.19. The maximum atomic E-state index is 12.7. The Morgan fingerprint density at radius 3 is 2.77 bits per heavy atom. The molecule has 1 aliphatic rings. The number of carbonyl (C=O) groups is 2. The van der Waals surface area contributed by atoms with Crippen LogP contribution in [-0.4, -0.2) is 46.2 Å². The highest BCUT2D eigenvalue weighted by atomic mass is 35.5. The molecule has 1 unspecified atom stereocenters. The lowest BCUT2D eigenvalue weighted by Gasteiger charge is -2.29. The molecule has 0 spiro atoms. The van der Waals surface area contributed by atoms with Gasteiger partial charge in [-0.2, -0.15) is 5.10 Å². The summed E-state index contributed by atoms with van der Waals surface area (Å²) in [5.41, 5.74) is 1.82. The number of carbonyl (C=O) groups excluding carboxylic acids is 2. The van der Waals surface area contributed by atoms with Crippen LogP contribution in [0, 0.1) is 0 Å². The van der Waals surface area contributed by atoms with E-state index < -0.39 is 12.1 Å². The zero-order valence-corrected chi connectivity index (χ0v) is 15.4. The van der Waals surface area contributed by atoms with Crippen molar-refractivity contribution in [2.24, 2.45) is 0 Å². The Labute approximate surface area is 156 Å². The normalized spacial score (nSPS) is 14.5. The summed E-state index contributed by atoms with van der Waals surface area (Å²) in [7, 11) is 0. The Bertz CT molecular complexity index is 803. The molecule has 0 fully saturated rings. The number of halogens is 1. The Hall–Kier alpha value is -2.54. The topological polar surface area (TPSA) is 84.5 Å². The van der Waals surface area contributed by atoms with Crippen LogP contribution in [0.2, 0.25) is 5.02 Å². The van der Waals surface area contributed by atoms with E-state index in [2.05, 4.69) is 10.2 Å². The molecule has 26 heavy (non-hydrogen) atoms. The lowest BCUT2D eigenvalue weighted by Crippen LogP contribution is -2.43. The third-order valence-corrected chi connectivity index (χ3v) is 4.44. The van der Waals surface area contributed by atoms with Crippen LogP contribution in [0.25, 0.3) is 0 Å². The van der Waals surface area contributed by atoms with E-state index in [1.807, 2.05) is 0 Å². The Kier molecular flexibility index (Phi) is 5.46. The molecule has 1 atom stereocenters. The van der Waals surface area contributed by atoms with Gasteiger partial charge in [0.05, 0.1) is 13.2 Å². The smallest absolute Gasteiger partial charge is 0.359 e. The molecule has 0 saturated carbocycles. The fraction of sp³-hybridized carbons (Fsp3) is 0.389. The number of H-pyrrole nitrogens is 1. The van der Waals surface area contributed by atoms with Gasteiger partial charge in [0.2, 0.25) is 0 Å². The second kappa shape index (κ2) is 7.78. The molecule has 1 amide bonds. The molecule has 1 N–H and O–H groups in total. The summed E-state index contributed by atoms with van der Waals surface area (Å²) in [6.45, 7) is 4.55. The van der Waals surface area contributed by atoms with E-state index in [1.165, 1.54) is 0 Å². The number of ether oxygens (including phenoxy) is 2. The van der Waals surface area contributed by atoms with Gasteiger partial charge in [-0.3, -0.25) is 9.89 Å². The number of nitrogens with zero attached hydrogens (tertiary/aromatic N) is 2. The van der Waals surface area contributed by atoms with Crippen LogP contribution in [0.15, 0.2) is 24.3 Å². The zero-order valence-electron chi connectivity index (χ0n) is 14.6. The lowest BCUT2D eigenvalue weighted by atomic mass is 10.0. The van der Waals surface area contributed by atoms with Crippen LogP contribution >= 0.6 is 11.6 Å². The van der Waals surface area contributed by atoms with Gasteiger partial charge < -0.3 is 14.4 Å². The first kappa shape index (κ1) is 18.3. The zero-order chi connectivity index (χ0) is 18.7. The molecule has 3 rings (SSSR count). The summed E-state index contributed by atoms with van der Waals surface area (Å²) in [4.78, 5) is 26.4. The number of nitrogens with one attached hydrogen (secondary N) is 1. The van der Waals surface area contributed by atoms with Crippen LogP contribution < -0.4 is 4.74 Å². The first-order chi connectivity index (χ1) is 12.5. The average molecular weight is 378 g/mol. The molecule has 8 heteroatoms. The monoisotopic (exact) mass is 377 g/mol. The van der Waals surface area contributed by atoms with E-state index in [4.69, 9.17) is 21.1 Å². The average Bonchev–Trinajstić information content (AvgIpc) is 3.06. The first-order valence-corrected chi connectivity index (χ1v) is 8.81. The minimum atomic E-state index is -0.657. The second-order valence-electron chi connectivity index (χ2n) is 5.97. The number of hydrogen-bond donors (Lipinski definition) is 1. The van der Waals surface area contributed by atoms with Crippen molar-refractivity contribution in [3.63, 3.8) is 0 Å². The highest BCUT2D eigenvalue weighted by Crippen LogP contribution is 2.23. The number of hydrogen-bond acceptors (Lipinski definition) is 5. The van der Waals surface area contributed by atoms with Crippen molar-refractivity contribution in [1.29, 1.82) is 0 Å². The van der Waals surface area contributed by atoms with Crippen molar-refractivity contribution in [3.05, 3.63) is 46.2 Å². The molecule has 0 saturated heterocycles. The minimum absolute atomic E-state index is 0.151. The SMILES string of the molecule is CCOC(=O)c1n[nH]c2c1CN(C(=O)C(C)Oc1ccc(Cl)cc1)CC2. The van der Waals surface area contributed by atoms with Gasteiger partial charge in [-0.05, 0) is 38.1 Å². The van der Waals surface area contributed by atoms with Gasteiger partial charge in [0, 0.05) is 29.2 Å². The lowest BCUT2D eigenvalue weighted by molar-refractivity contribution is -0.138. The molecule has 1 aromatic heterocycles. The van der Waals surface area contributed by atoms with Gasteiger partial charge in [0.25, 0.3) is 5.91 Å². The molecule has 2 aromatic rings. The van der Waals surface area contributed by atoms with Gasteiger partial charge in [0.1, 0.15) is 5.75 Å². The molecule has 0 radical (unpaired) electrons. The predicted molar refractivity (Wildman–Crippen MR) is 95.2 cm³/mol. The number of rotatable bonds is 5. The van der Waals surface area contributed by atoms with E-state index >= 15 is 0 Å². The number of fused-ring (bicyclic) bond motifs is 1. The number of benzene rings is 1. The van der Waals surface area contributed by atoms with Gasteiger partial charge in [-0.15, -0.1) is 0 Å². The number of esters is 1. The van der Waals surface area contributed by atoms with Gasteiger partial charge >= 0.3 is 5.97 Å². The van der Waals surface area contributed by atoms with Crippen LogP contribution in [0.1, 0.15) is 35.6 Å². The summed E-state index contributed by atoms with van der Waals surface area (Å²) in [5.74, 6) is -0.0603. The standard InChI is InChI=1S/C18H20ClN3O4/c1-3-25-18(24)16-14-10-22(9-8-15(14)20-21-16)17(23)11(2)26-13-6-4-12(19)5-7-13/h4-7,11H,3,8-10H2,1-2H3,(H,20,21).